The van der Waals surface area contributed by atoms with Gasteiger partial charge in [0.05, 0.1) is 32.1 Å². The minimum Gasteiger partial charge on any atom is -0.496 e. The number of carbonyl (C=O) groups excluding carboxylic acids is 3. The molecule has 4 heterocycles. The molecule has 0 aliphatic carbocycles. The predicted molar refractivity (Wildman–Crippen MR) is 189 cm³/mol. The number of likely N-dealkylation sites (tertiary alicyclic amines) is 1. The van der Waals surface area contributed by atoms with Gasteiger partial charge in [-0.25, -0.2) is 9.79 Å². The van der Waals surface area contributed by atoms with E-state index < -0.39 is 17.4 Å². The summed E-state index contributed by atoms with van der Waals surface area (Å²) in [6.45, 7) is 4.70. The minimum atomic E-state index is -0.614. The number of ether oxygens (including phenoxy) is 3. The van der Waals surface area contributed by atoms with Crippen molar-refractivity contribution in [3.63, 3.8) is 0 Å². The average molecular weight is 682 g/mol. The van der Waals surface area contributed by atoms with Gasteiger partial charge in [-0.15, -0.1) is 0 Å². The Labute approximate surface area is 289 Å². The largest absolute Gasteiger partial charge is 0.496 e. The molecular weight excluding hydrogens is 643 g/mol. The van der Waals surface area contributed by atoms with E-state index in [0.29, 0.717) is 37.0 Å². The molecule has 0 saturated carbocycles. The molecular formula is C37H39N5O6S. The third-order valence-electron chi connectivity index (χ3n) is 8.96. The van der Waals surface area contributed by atoms with Crippen LogP contribution >= 0.6 is 11.8 Å². The molecule has 4 aliphatic heterocycles. The SMILES string of the molecule is O=C(Nc1ccc(C2S/C(=N\c3ccc(N4CCOCC4)cc3)N(CC3=CCCO3)C2=O)cc1)[C@@H]1CCCN1C(=O)OCc1ccccc1. The molecule has 7 rings (SSSR count). The van der Waals surface area contributed by atoms with Gasteiger partial charge in [-0.05, 0) is 66.4 Å². The van der Waals surface area contributed by atoms with Gasteiger partial charge in [0, 0.05) is 37.4 Å². The Balaban J connectivity index is 1.01. The number of hydrogen-bond donors (Lipinski definition) is 1. The van der Waals surface area contributed by atoms with Gasteiger partial charge >= 0.3 is 6.09 Å². The number of nitrogens with zero attached hydrogens (tertiary/aromatic N) is 4. The van der Waals surface area contributed by atoms with Crippen molar-refractivity contribution in [1.29, 1.82) is 0 Å². The summed E-state index contributed by atoms with van der Waals surface area (Å²) in [6, 6.07) is 24.2. The summed E-state index contributed by atoms with van der Waals surface area (Å²) in [6.07, 6.45) is 3.63. The minimum absolute atomic E-state index is 0.0718. The van der Waals surface area contributed by atoms with Crippen molar-refractivity contribution in [3.05, 3.63) is 102 Å². The van der Waals surface area contributed by atoms with E-state index in [9.17, 15) is 14.4 Å². The smallest absolute Gasteiger partial charge is 0.410 e. The third kappa shape index (κ3) is 7.76. The highest BCUT2D eigenvalue weighted by Crippen LogP contribution is 2.41. The van der Waals surface area contributed by atoms with Crippen LogP contribution in [0.25, 0.3) is 0 Å². The number of nitrogens with one attached hydrogen (secondary N) is 1. The topological polar surface area (TPSA) is 113 Å². The van der Waals surface area contributed by atoms with E-state index in [1.54, 1.807) is 17.0 Å². The standard InChI is InChI=1S/C37H39N5O6S/c43-34(32-9-4-18-41(32)37(45)48-25-26-6-2-1-3-7-26)38-28-12-10-27(11-13-28)33-35(44)42(24-31-8-5-21-47-31)36(49-33)39-29-14-16-30(17-15-29)40-19-22-46-23-20-40/h1-3,6-8,10-17,32-33H,4-5,9,18-25H2,(H,38,43)/b39-36-/t32-,33?/m0/s1. The molecule has 1 N–H and O–H groups in total. The molecule has 11 nitrogen and oxygen atoms in total. The first-order valence-electron chi connectivity index (χ1n) is 16.7. The lowest BCUT2D eigenvalue weighted by molar-refractivity contribution is -0.126. The lowest BCUT2D eigenvalue weighted by Crippen LogP contribution is -2.43. The van der Waals surface area contributed by atoms with Gasteiger partial charge in [-0.1, -0.05) is 54.2 Å². The molecule has 49 heavy (non-hydrogen) atoms. The highest BCUT2D eigenvalue weighted by molar-refractivity contribution is 8.15. The van der Waals surface area contributed by atoms with Crippen LogP contribution in [0, 0.1) is 0 Å². The van der Waals surface area contributed by atoms with Gasteiger partial charge in [0.25, 0.3) is 0 Å². The lowest BCUT2D eigenvalue weighted by Gasteiger charge is -2.28. The maximum Gasteiger partial charge on any atom is 0.410 e. The second-order valence-corrected chi connectivity index (χ2v) is 13.3. The van der Waals surface area contributed by atoms with Gasteiger partial charge in [0.2, 0.25) is 11.8 Å². The molecule has 2 atom stereocenters. The number of anilines is 2. The van der Waals surface area contributed by atoms with E-state index in [2.05, 4.69) is 22.3 Å². The van der Waals surface area contributed by atoms with Crippen molar-refractivity contribution < 1.29 is 28.6 Å². The van der Waals surface area contributed by atoms with Gasteiger partial charge in [0.1, 0.15) is 23.7 Å². The predicted octanol–water partition coefficient (Wildman–Crippen LogP) is 5.87. The van der Waals surface area contributed by atoms with E-state index >= 15 is 0 Å². The van der Waals surface area contributed by atoms with Crippen molar-refractivity contribution >= 4 is 51.9 Å². The van der Waals surface area contributed by atoms with E-state index in [1.165, 1.54) is 16.7 Å². The first-order valence-corrected chi connectivity index (χ1v) is 17.6. The number of amides is 3. The molecule has 12 heteroatoms. The fraction of sp³-hybridized carbons (Fsp3) is 0.351. The first kappa shape index (κ1) is 32.7. The van der Waals surface area contributed by atoms with E-state index in [-0.39, 0.29) is 18.4 Å². The molecule has 254 valence electrons. The third-order valence-corrected chi connectivity index (χ3v) is 10.2. The monoisotopic (exact) mass is 681 g/mol. The van der Waals surface area contributed by atoms with Crippen molar-refractivity contribution in [2.75, 3.05) is 56.2 Å². The first-order chi connectivity index (χ1) is 24.0. The Hall–Kier alpha value is -4.81. The number of rotatable bonds is 9. The van der Waals surface area contributed by atoms with Crippen LogP contribution in [0.5, 0.6) is 0 Å². The zero-order valence-electron chi connectivity index (χ0n) is 27.2. The number of thioether (sulfide) groups is 1. The summed E-state index contributed by atoms with van der Waals surface area (Å²) in [5.41, 5.74) is 4.17. The van der Waals surface area contributed by atoms with Crippen LogP contribution in [0.3, 0.4) is 0 Å². The molecule has 3 aromatic carbocycles. The summed E-state index contributed by atoms with van der Waals surface area (Å²) < 4.78 is 16.7. The highest BCUT2D eigenvalue weighted by atomic mass is 32.2. The second-order valence-electron chi connectivity index (χ2n) is 12.2. The Bertz CT molecular complexity index is 1710. The molecule has 3 amide bonds. The van der Waals surface area contributed by atoms with E-state index in [1.807, 2.05) is 60.7 Å². The molecule has 3 fully saturated rings. The van der Waals surface area contributed by atoms with Crippen LogP contribution < -0.4 is 10.2 Å². The molecule has 0 aromatic heterocycles. The normalized spacial score (nSPS) is 21.6. The van der Waals surface area contributed by atoms with Crippen LogP contribution in [0.1, 0.15) is 35.6 Å². The number of carbonyl (C=O) groups is 3. The number of benzene rings is 3. The van der Waals surface area contributed by atoms with E-state index in [4.69, 9.17) is 19.2 Å². The summed E-state index contributed by atoms with van der Waals surface area (Å²) in [4.78, 5) is 50.3. The molecule has 0 bridgehead atoms. The summed E-state index contributed by atoms with van der Waals surface area (Å²) >= 11 is 1.41. The molecule has 0 spiro atoms. The molecule has 4 aliphatic rings. The molecule has 0 radical (unpaired) electrons. The number of aliphatic imine (C=N–C) groups is 1. The number of morpholine rings is 1. The summed E-state index contributed by atoms with van der Waals surface area (Å²) in [7, 11) is 0. The van der Waals surface area contributed by atoms with Crippen LogP contribution in [0.2, 0.25) is 0 Å². The zero-order chi connectivity index (χ0) is 33.6. The van der Waals surface area contributed by atoms with Gasteiger partial charge in [-0.3, -0.25) is 19.4 Å². The Morgan fingerprint density at radius 1 is 0.939 bits per heavy atom. The molecule has 3 saturated heterocycles. The van der Waals surface area contributed by atoms with Crippen molar-refractivity contribution in [1.82, 2.24) is 9.80 Å². The summed E-state index contributed by atoms with van der Waals surface area (Å²) in [5.74, 6) is 0.434. The average Bonchev–Trinajstić information content (AvgIpc) is 3.91. The molecule has 1 unspecified atom stereocenters. The summed E-state index contributed by atoms with van der Waals surface area (Å²) in [5, 5.41) is 3.07. The maximum atomic E-state index is 13.8. The Morgan fingerprint density at radius 3 is 2.45 bits per heavy atom. The van der Waals surface area contributed by atoms with Crippen LogP contribution in [0.4, 0.5) is 21.9 Å². The van der Waals surface area contributed by atoms with Crippen molar-refractivity contribution in [2.24, 2.45) is 4.99 Å². The Kier molecular flexibility index (Phi) is 10.1. The fourth-order valence-electron chi connectivity index (χ4n) is 6.33. The van der Waals surface area contributed by atoms with Crippen LogP contribution in [-0.2, 0) is 30.4 Å². The van der Waals surface area contributed by atoms with E-state index in [0.717, 1.165) is 67.4 Å². The lowest BCUT2D eigenvalue weighted by atomic mass is 10.1. The maximum absolute atomic E-state index is 13.8. The molecule has 3 aromatic rings. The van der Waals surface area contributed by atoms with Gasteiger partial charge in [0.15, 0.2) is 5.17 Å². The van der Waals surface area contributed by atoms with Crippen LogP contribution in [-0.4, -0.2) is 84.9 Å². The van der Waals surface area contributed by atoms with Crippen molar-refractivity contribution in [2.45, 2.75) is 37.2 Å². The fourth-order valence-corrected chi connectivity index (χ4v) is 7.50. The van der Waals surface area contributed by atoms with Gasteiger partial charge < -0.3 is 24.4 Å². The van der Waals surface area contributed by atoms with Crippen molar-refractivity contribution in [3.8, 4) is 0 Å². The zero-order valence-corrected chi connectivity index (χ0v) is 28.0. The van der Waals surface area contributed by atoms with Crippen LogP contribution in [0.15, 0.2) is 95.7 Å². The number of hydrogen-bond acceptors (Lipinski definition) is 9. The highest BCUT2D eigenvalue weighted by Gasteiger charge is 2.40. The Morgan fingerprint density at radius 2 is 1.71 bits per heavy atom. The second kappa shape index (κ2) is 15.2. The number of amidine groups is 1. The quantitative estimate of drug-likeness (QED) is 0.299. The van der Waals surface area contributed by atoms with Gasteiger partial charge in [-0.2, -0.15) is 0 Å².